The third kappa shape index (κ3) is 4.16. The van der Waals surface area contributed by atoms with Crippen molar-refractivity contribution < 1.29 is 9.47 Å². The van der Waals surface area contributed by atoms with Crippen molar-refractivity contribution in [2.24, 2.45) is 0 Å². The Bertz CT molecular complexity index is 378. The summed E-state index contributed by atoms with van der Waals surface area (Å²) in [7, 11) is 0. The Morgan fingerprint density at radius 1 is 1.50 bits per heavy atom. The van der Waals surface area contributed by atoms with E-state index in [2.05, 4.69) is 5.32 Å². The fraction of sp³-hybridized carbons (Fsp3) is 0.571. The Hall–Kier alpha value is -0.770. The first-order valence-corrected chi connectivity index (χ1v) is 6.85. The van der Waals surface area contributed by atoms with Crippen LogP contribution in [0.1, 0.15) is 18.4 Å². The highest BCUT2D eigenvalue weighted by atomic mass is 35.5. The summed E-state index contributed by atoms with van der Waals surface area (Å²) in [4.78, 5) is 0. The smallest absolute Gasteiger partial charge is 0.119 e. The van der Waals surface area contributed by atoms with Crippen molar-refractivity contribution in [3.05, 3.63) is 28.8 Å². The molecule has 0 saturated carbocycles. The number of hydrogen-bond acceptors (Lipinski definition) is 3. The third-order valence-corrected chi connectivity index (χ3v) is 3.50. The molecule has 0 bridgehead atoms. The molecule has 1 aromatic carbocycles. The van der Waals surface area contributed by atoms with Gasteiger partial charge in [0.05, 0.1) is 6.10 Å². The minimum absolute atomic E-state index is 0.391. The van der Waals surface area contributed by atoms with E-state index in [4.69, 9.17) is 21.1 Å². The van der Waals surface area contributed by atoms with Gasteiger partial charge in [0.1, 0.15) is 12.4 Å². The van der Waals surface area contributed by atoms with E-state index in [1.165, 1.54) is 12.8 Å². The van der Waals surface area contributed by atoms with Crippen LogP contribution in [0.2, 0.25) is 5.02 Å². The second-order valence-corrected chi connectivity index (χ2v) is 5.01. The second-order valence-electron chi connectivity index (χ2n) is 4.60. The van der Waals surface area contributed by atoms with Gasteiger partial charge in [0.2, 0.25) is 0 Å². The zero-order chi connectivity index (χ0) is 12.8. The molecule has 1 saturated heterocycles. The van der Waals surface area contributed by atoms with Crippen molar-refractivity contribution in [3.8, 4) is 5.75 Å². The van der Waals surface area contributed by atoms with E-state index in [0.717, 1.165) is 36.0 Å². The average molecular weight is 270 g/mol. The van der Waals surface area contributed by atoms with Crippen molar-refractivity contribution in [2.45, 2.75) is 25.9 Å². The Morgan fingerprint density at radius 2 is 2.39 bits per heavy atom. The van der Waals surface area contributed by atoms with Crippen LogP contribution in [0, 0.1) is 6.92 Å². The molecule has 0 amide bonds. The molecule has 0 spiro atoms. The first-order valence-electron chi connectivity index (χ1n) is 6.47. The number of benzene rings is 1. The Balaban J connectivity index is 1.61. The molecular formula is C14H20ClNO2. The van der Waals surface area contributed by atoms with Gasteiger partial charge in [-0.1, -0.05) is 11.6 Å². The molecule has 0 aliphatic carbocycles. The van der Waals surface area contributed by atoms with Crippen LogP contribution in [-0.2, 0) is 4.74 Å². The summed E-state index contributed by atoms with van der Waals surface area (Å²) < 4.78 is 11.2. The monoisotopic (exact) mass is 269 g/mol. The lowest BCUT2D eigenvalue weighted by atomic mass is 10.2. The van der Waals surface area contributed by atoms with Crippen LogP contribution >= 0.6 is 11.6 Å². The van der Waals surface area contributed by atoms with Crippen LogP contribution in [0.3, 0.4) is 0 Å². The minimum atomic E-state index is 0.391. The van der Waals surface area contributed by atoms with E-state index in [1.54, 1.807) is 0 Å². The van der Waals surface area contributed by atoms with Crippen LogP contribution < -0.4 is 10.1 Å². The van der Waals surface area contributed by atoms with Gasteiger partial charge in [-0.15, -0.1) is 0 Å². The van der Waals surface area contributed by atoms with Crippen molar-refractivity contribution in [3.63, 3.8) is 0 Å². The Morgan fingerprint density at radius 3 is 3.11 bits per heavy atom. The van der Waals surface area contributed by atoms with Crippen LogP contribution in [0.4, 0.5) is 0 Å². The van der Waals surface area contributed by atoms with Crippen LogP contribution in [0.15, 0.2) is 18.2 Å². The van der Waals surface area contributed by atoms with Crippen molar-refractivity contribution >= 4 is 11.6 Å². The fourth-order valence-electron chi connectivity index (χ4n) is 2.02. The molecule has 2 rings (SSSR count). The molecule has 18 heavy (non-hydrogen) atoms. The molecule has 1 N–H and O–H groups in total. The van der Waals surface area contributed by atoms with Crippen molar-refractivity contribution in [1.82, 2.24) is 5.32 Å². The first-order chi connectivity index (χ1) is 8.75. The molecule has 1 heterocycles. The predicted molar refractivity (Wildman–Crippen MR) is 73.5 cm³/mol. The van der Waals surface area contributed by atoms with Crippen LogP contribution in [0.25, 0.3) is 0 Å². The van der Waals surface area contributed by atoms with Crippen molar-refractivity contribution in [2.75, 3.05) is 26.3 Å². The Labute approximate surface area is 113 Å². The minimum Gasteiger partial charge on any atom is -0.492 e. The van der Waals surface area contributed by atoms with Gasteiger partial charge in [-0.05, 0) is 43.5 Å². The summed E-state index contributed by atoms with van der Waals surface area (Å²) in [5, 5.41) is 4.12. The topological polar surface area (TPSA) is 30.5 Å². The first kappa shape index (κ1) is 13.7. The van der Waals surface area contributed by atoms with Gasteiger partial charge < -0.3 is 14.8 Å². The second kappa shape index (κ2) is 6.98. The lowest BCUT2D eigenvalue weighted by molar-refractivity contribution is 0.109. The zero-order valence-electron chi connectivity index (χ0n) is 10.7. The van der Waals surface area contributed by atoms with Gasteiger partial charge in [0, 0.05) is 24.7 Å². The molecule has 0 radical (unpaired) electrons. The van der Waals surface area contributed by atoms with Gasteiger partial charge in [0.25, 0.3) is 0 Å². The highest BCUT2D eigenvalue weighted by molar-refractivity contribution is 6.31. The molecule has 3 nitrogen and oxygen atoms in total. The number of halogens is 1. The SMILES string of the molecule is Cc1cc(OCCNCC2CCCO2)ccc1Cl. The molecule has 1 aliphatic heterocycles. The standard InChI is InChI=1S/C14H20ClNO2/c1-11-9-12(4-5-14(11)15)18-8-6-16-10-13-3-2-7-17-13/h4-5,9,13,16H,2-3,6-8,10H2,1H3. The number of nitrogens with one attached hydrogen (secondary N) is 1. The largest absolute Gasteiger partial charge is 0.492 e. The van der Waals surface area contributed by atoms with Crippen molar-refractivity contribution in [1.29, 1.82) is 0 Å². The van der Waals surface area contributed by atoms with E-state index in [0.29, 0.717) is 12.7 Å². The predicted octanol–water partition coefficient (Wildman–Crippen LogP) is 2.80. The van der Waals surface area contributed by atoms with Gasteiger partial charge in [-0.3, -0.25) is 0 Å². The summed E-state index contributed by atoms with van der Waals surface area (Å²) in [6, 6.07) is 5.73. The maximum Gasteiger partial charge on any atom is 0.119 e. The number of hydrogen-bond donors (Lipinski definition) is 1. The summed E-state index contributed by atoms with van der Waals surface area (Å²) in [5.41, 5.74) is 1.04. The third-order valence-electron chi connectivity index (χ3n) is 3.07. The Kier molecular flexibility index (Phi) is 5.29. The molecule has 1 fully saturated rings. The fourth-order valence-corrected chi connectivity index (χ4v) is 2.13. The number of rotatable bonds is 6. The lowest BCUT2D eigenvalue weighted by Crippen LogP contribution is -2.29. The highest BCUT2D eigenvalue weighted by Gasteiger charge is 2.14. The number of aryl methyl sites for hydroxylation is 1. The maximum absolute atomic E-state index is 5.96. The average Bonchev–Trinajstić information content (AvgIpc) is 2.86. The molecule has 1 atom stereocenters. The van der Waals surface area contributed by atoms with E-state index < -0.39 is 0 Å². The van der Waals surface area contributed by atoms with E-state index in [1.807, 2.05) is 25.1 Å². The zero-order valence-corrected chi connectivity index (χ0v) is 11.5. The summed E-state index contributed by atoms with van der Waals surface area (Å²) in [5.74, 6) is 0.871. The van der Waals surface area contributed by atoms with Crippen LogP contribution in [-0.4, -0.2) is 32.4 Å². The van der Waals surface area contributed by atoms with Gasteiger partial charge in [-0.2, -0.15) is 0 Å². The molecule has 100 valence electrons. The highest BCUT2D eigenvalue weighted by Crippen LogP contribution is 2.20. The van der Waals surface area contributed by atoms with E-state index in [-0.39, 0.29) is 0 Å². The van der Waals surface area contributed by atoms with Gasteiger partial charge in [-0.25, -0.2) is 0 Å². The summed E-state index contributed by atoms with van der Waals surface area (Å²) in [6.45, 7) is 5.30. The van der Waals surface area contributed by atoms with E-state index in [9.17, 15) is 0 Å². The molecule has 1 unspecified atom stereocenters. The quantitative estimate of drug-likeness (QED) is 0.806. The maximum atomic E-state index is 5.96. The summed E-state index contributed by atoms with van der Waals surface area (Å²) in [6.07, 6.45) is 2.75. The molecule has 0 aromatic heterocycles. The number of ether oxygens (including phenoxy) is 2. The lowest BCUT2D eigenvalue weighted by Gasteiger charge is -2.11. The van der Waals surface area contributed by atoms with Crippen LogP contribution in [0.5, 0.6) is 5.75 Å². The molecule has 1 aliphatic rings. The van der Waals surface area contributed by atoms with E-state index >= 15 is 0 Å². The normalized spacial score (nSPS) is 19.1. The molecule has 4 heteroatoms. The summed E-state index contributed by atoms with van der Waals surface area (Å²) >= 11 is 5.96. The van der Waals surface area contributed by atoms with Gasteiger partial charge >= 0.3 is 0 Å². The van der Waals surface area contributed by atoms with Gasteiger partial charge in [0.15, 0.2) is 0 Å². The molecular weight excluding hydrogens is 250 g/mol. The molecule has 1 aromatic rings.